The minimum absolute atomic E-state index is 1.14. The topological polar surface area (TPSA) is 15.8 Å². The summed E-state index contributed by atoms with van der Waals surface area (Å²) >= 11 is 0. The minimum Gasteiger partial charge on any atom is -0.418 e. The molecule has 1 heterocycles. The fourth-order valence-electron chi connectivity index (χ4n) is 1.63. The first-order chi connectivity index (χ1) is 6.43. The van der Waals surface area contributed by atoms with E-state index in [1.54, 1.807) is 0 Å². The molecule has 13 heavy (non-hydrogen) atoms. The van der Waals surface area contributed by atoms with Crippen molar-refractivity contribution in [3.8, 4) is 11.3 Å². The summed E-state index contributed by atoms with van der Waals surface area (Å²) in [4.78, 5) is 3.36. The smallest absolute Gasteiger partial charge is 0.0264 e. The Hall–Kier alpha value is -1.76. The normalized spacial score (nSPS) is 11.1. The second-order valence-corrected chi connectivity index (χ2v) is 3.15. The average molecular weight is 166 g/mol. The fraction of sp³-hybridized carbons (Fsp3) is 0. The molecule has 0 saturated carbocycles. The maximum absolute atomic E-state index is 3.36. The number of benzene rings is 1. The number of hydrogen-bond acceptors (Lipinski definition) is 0. The lowest BCUT2D eigenvalue weighted by Gasteiger charge is -2.10. The monoisotopic (exact) mass is 166 g/mol. The fourth-order valence-corrected chi connectivity index (χ4v) is 1.63. The lowest BCUT2D eigenvalue weighted by Crippen LogP contribution is -1.83. The summed E-state index contributed by atoms with van der Waals surface area (Å²) < 4.78 is 0. The van der Waals surface area contributed by atoms with E-state index in [1.165, 1.54) is 0 Å². The Balaban J connectivity index is 2.52. The first kappa shape index (κ1) is 6.72. The quantitative estimate of drug-likeness (QED) is 0.494. The van der Waals surface area contributed by atoms with E-state index in [9.17, 15) is 0 Å². The van der Waals surface area contributed by atoms with E-state index < -0.39 is 0 Å². The third kappa shape index (κ3) is 0.937. The van der Waals surface area contributed by atoms with Crippen LogP contribution in [-0.2, 0) is 0 Å². The van der Waals surface area contributed by atoms with Crippen molar-refractivity contribution in [2.45, 2.75) is 0 Å². The molecule has 0 bridgehead atoms. The van der Waals surface area contributed by atoms with Crippen LogP contribution in [0.5, 0.6) is 0 Å². The van der Waals surface area contributed by atoms with Gasteiger partial charge in [-0.3, -0.25) is 0 Å². The highest BCUT2D eigenvalue weighted by Crippen LogP contribution is 2.24. The van der Waals surface area contributed by atoms with Crippen molar-refractivity contribution in [2.24, 2.45) is 0 Å². The number of pyridine rings is 1. The molecule has 1 aromatic carbocycles. The van der Waals surface area contributed by atoms with Gasteiger partial charge in [0.15, 0.2) is 0 Å². The molecule has 1 N–H and O–H groups in total. The molecule has 1 aliphatic heterocycles. The highest BCUT2D eigenvalue weighted by Gasteiger charge is 1.95. The number of para-hydroxylation sites is 1. The van der Waals surface area contributed by atoms with Gasteiger partial charge in [0.25, 0.3) is 0 Å². The van der Waals surface area contributed by atoms with Gasteiger partial charge in [0.05, 0.1) is 0 Å². The van der Waals surface area contributed by atoms with Gasteiger partial charge >= 0.3 is 0 Å². The lowest BCUT2D eigenvalue weighted by atomic mass is 10.1. The third-order valence-electron chi connectivity index (χ3n) is 2.28. The van der Waals surface area contributed by atoms with Crippen LogP contribution in [0.3, 0.4) is 0 Å². The Labute approximate surface area is 76.4 Å². The van der Waals surface area contributed by atoms with E-state index in [4.69, 9.17) is 0 Å². The molecule has 0 saturated heterocycles. The van der Waals surface area contributed by atoms with Crippen LogP contribution >= 0.6 is 0 Å². The predicted octanol–water partition coefficient (Wildman–Crippen LogP) is 3.07. The Kier molecular flexibility index (Phi) is 1.22. The molecule has 1 aliphatic carbocycles. The summed E-state index contributed by atoms with van der Waals surface area (Å²) in [6, 6.07) is 17.7. The molecular weight excluding hydrogens is 158 g/mol. The Morgan fingerprint density at radius 2 is 1.85 bits per heavy atom. The van der Waals surface area contributed by atoms with Crippen molar-refractivity contribution in [2.75, 3.05) is 0 Å². The van der Waals surface area contributed by atoms with Gasteiger partial charge in [-0.25, -0.2) is 0 Å². The molecule has 0 amide bonds. The molecular formula is C12H8N-. The number of nitrogens with one attached hydrogen (secondary N) is 1. The second-order valence-electron chi connectivity index (χ2n) is 3.15. The van der Waals surface area contributed by atoms with Gasteiger partial charge in [0.2, 0.25) is 0 Å². The Morgan fingerprint density at radius 3 is 2.85 bits per heavy atom. The summed E-state index contributed by atoms with van der Waals surface area (Å²) in [5.74, 6) is 0. The molecule has 3 rings (SSSR count). The minimum atomic E-state index is 1.14. The largest absolute Gasteiger partial charge is 0.418 e. The molecule has 0 spiro atoms. The van der Waals surface area contributed by atoms with Crippen LogP contribution in [0.2, 0.25) is 0 Å². The number of rotatable bonds is 0. The van der Waals surface area contributed by atoms with Crippen molar-refractivity contribution in [1.82, 2.24) is 4.98 Å². The number of H-pyrrole nitrogens is 1. The maximum atomic E-state index is 3.36. The first-order valence-electron chi connectivity index (χ1n) is 4.32. The summed E-state index contributed by atoms with van der Waals surface area (Å²) in [5, 5.41) is 1.14. The zero-order valence-electron chi connectivity index (χ0n) is 7.04. The molecule has 1 heteroatoms. The summed E-state index contributed by atoms with van der Waals surface area (Å²) in [7, 11) is 0. The SMILES string of the molecule is [c-]1c2cccc-2[nH]c2ccccc12. The average Bonchev–Trinajstić information content (AvgIpc) is 2.61. The van der Waals surface area contributed by atoms with Gasteiger partial charge in [0, 0.05) is 0 Å². The van der Waals surface area contributed by atoms with Gasteiger partial charge in [-0.1, -0.05) is 24.3 Å². The van der Waals surface area contributed by atoms with Crippen LogP contribution < -0.4 is 0 Å². The lowest BCUT2D eigenvalue weighted by molar-refractivity contribution is 1.42. The Bertz CT molecular complexity index is 475. The van der Waals surface area contributed by atoms with E-state index in [-0.39, 0.29) is 0 Å². The summed E-state index contributed by atoms with van der Waals surface area (Å²) in [6.07, 6.45) is 0. The molecule has 0 radical (unpaired) electrons. The zero-order valence-corrected chi connectivity index (χ0v) is 7.04. The second kappa shape index (κ2) is 2.36. The van der Waals surface area contributed by atoms with Crippen LogP contribution in [0.1, 0.15) is 0 Å². The molecule has 1 aromatic rings. The standard InChI is InChI=1S/C12H8N/c1-2-6-11-9(4-1)8-10-5-3-7-12(10)13-11/h1-7,13H/q-1. The van der Waals surface area contributed by atoms with Gasteiger partial charge in [-0.15, -0.1) is 35.2 Å². The van der Waals surface area contributed by atoms with Gasteiger partial charge in [0.1, 0.15) is 0 Å². The predicted molar refractivity (Wildman–Crippen MR) is 53.8 cm³/mol. The van der Waals surface area contributed by atoms with E-state index in [0.717, 1.165) is 22.2 Å². The molecule has 0 atom stereocenters. The summed E-state index contributed by atoms with van der Waals surface area (Å²) in [6.45, 7) is 0. The Morgan fingerprint density at radius 1 is 0.923 bits per heavy atom. The molecule has 0 aromatic heterocycles. The highest BCUT2D eigenvalue weighted by molar-refractivity contribution is 5.84. The van der Waals surface area contributed by atoms with Crippen molar-refractivity contribution in [3.63, 3.8) is 0 Å². The van der Waals surface area contributed by atoms with Crippen molar-refractivity contribution in [1.29, 1.82) is 0 Å². The molecule has 2 aliphatic rings. The van der Waals surface area contributed by atoms with Gasteiger partial charge < -0.3 is 4.98 Å². The van der Waals surface area contributed by atoms with Crippen LogP contribution in [0.25, 0.3) is 22.2 Å². The zero-order chi connectivity index (χ0) is 8.67. The van der Waals surface area contributed by atoms with E-state index >= 15 is 0 Å². The number of fused-ring (bicyclic) bond motifs is 2. The number of aromatic nitrogens is 1. The van der Waals surface area contributed by atoms with Crippen LogP contribution in [0.15, 0.2) is 42.5 Å². The van der Waals surface area contributed by atoms with E-state index in [2.05, 4.69) is 35.3 Å². The van der Waals surface area contributed by atoms with Crippen LogP contribution in [0, 0.1) is 6.07 Å². The number of aromatic amines is 1. The van der Waals surface area contributed by atoms with E-state index in [1.807, 2.05) is 18.2 Å². The summed E-state index contributed by atoms with van der Waals surface area (Å²) in [5.41, 5.74) is 3.44. The van der Waals surface area contributed by atoms with Crippen LogP contribution in [-0.4, -0.2) is 4.98 Å². The van der Waals surface area contributed by atoms with Crippen molar-refractivity contribution < 1.29 is 0 Å². The van der Waals surface area contributed by atoms with Crippen molar-refractivity contribution >= 4 is 10.9 Å². The van der Waals surface area contributed by atoms with Gasteiger partial charge in [-0.2, -0.15) is 0 Å². The van der Waals surface area contributed by atoms with Gasteiger partial charge in [-0.05, 0) is 11.2 Å². The molecule has 1 nitrogen and oxygen atoms in total. The van der Waals surface area contributed by atoms with E-state index in [0.29, 0.717) is 0 Å². The highest BCUT2D eigenvalue weighted by atomic mass is 14.7. The molecule has 0 unspecified atom stereocenters. The van der Waals surface area contributed by atoms with Crippen LogP contribution in [0.4, 0.5) is 0 Å². The molecule has 0 fully saturated rings. The number of hydrogen-bond donors (Lipinski definition) is 1. The molecule has 62 valence electrons. The first-order valence-corrected chi connectivity index (χ1v) is 4.32. The van der Waals surface area contributed by atoms with Crippen molar-refractivity contribution in [3.05, 3.63) is 48.5 Å². The third-order valence-corrected chi connectivity index (χ3v) is 2.28. The maximum Gasteiger partial charge on any atom is -0.0264 e.